The molecular formula is C24H26N2O3S. The van der Waals surface area contributed by atoms with E-state index in [0.717, 1.165) is 41.7 Å². The van der Waals surface area contributed by atoms with Gasteiger partial charge in [-0.25, -0.2) is 0 Å². The second-order valence-corrected chi connectivity index (χ2v) is 9.22. The monoisotopic (exact) mass is 422 g/mol. The van der Waals surface area contributed by atoms with Gasteiger partial charge in [-0.05, 0) is 84.8 Å². The molecule has 2 fully saturated rings. The molecule has 0 bridgehead atoms. The van der Waals surface area contributed by atoms with Crippen molar-refractivity contribution in [3.63, 3.8) is 0 Å². The number of nitrogens with zero attached hydrogens (tertiary/aromatic N) is 1. The lowest BCUT2D eigenvalue weighted by molar-refractivity contribution is -0.137. The van der Waals surface area contributed by atoms with Gasteiger partial charge in [-0.1, -0.05) is 24.3 Å². The van der Waals surface area contributed by atoms with Crippen molar-refractivity contribution in [3.8, 4) is 16.9 Å². The first kappa shape index (κ1) is 19.5. The number of carbonyl (C=O) groups is 1. The maximum absolute atomic E-state index is 13.7. The van der Waals surface area contributed by atoms with Gasteiger partial charge in [0.05, 0.1) is 13.2 Å². The van der Waals surface area contributed by atoms with Crippen molar-refractivity contribution in [1.82, 2.24) is 10.2 Å². The Bertz CT molecular complexity index is 1040. The molecule has 2 aromatic carbocycles. The lowest BCUT2D eigenvalue weighted by Gasteiger charge is -2.46. The largest absolute Gasteiger partial charge is 0.497 e. The third-order valence-corrected chi connectivity index (χ3v) is 7.75. The Morgan fingerprint density at radius 3 is 2.57 bits per heavy atom. The van der Waals surface area contributed by atoms with Crippen LogP contribution in [0.1, 0.15) is 36.8 Å². The van der Waals surface area contributed by atoms with Crippen molar-refractivity contribution in [2.24, 2.45) is 5.41 Å². The van der Waals surface area contributed by atoms with Crippen LogP contribution >= 0.6 is 12.2 Å². The first-order valence-corrected chi connectivity index (χ1v) is 10.9. The number of aliphatic hydroxyl groups excluding tert-OH is 1. The van der Waals surface area contributed by atoms with E-state index in [1.807, 2.05) is 18.2 Å². The summed E-state index contributed by atoms with van der Waals surface area (Å²) in [5.41, 5.74) is 3.19. The number of ether oxygens (including phenoxy) is 1. The number of hydrogen-bond acceptors (Lipinski definition) is 4. The molecule has 6 heteroatoms. The van der Waals surface area contributed by atoms with E-state index in [4.69, 9.17) is 17.0 Å². The highest BCUT2D eigenvalue weighted by Gasteiger charge is 2.66. The van der Waals surface area contributed by atoms with Crippen molar-refractivity contribution in [2.75, 3.05) is 14.2 Å². The van der Waals surface area contributed by atoms with Crippen molar-refractivity contribution >= 4 is 23.2 Å². The lowest BCUT2D eigenvalue weighted by Crippen LogP contribution is -2.56. The van der Waals surface area contributed by atoms with Crippen LogP contribution in [0.3, 0.4) is 0 Å². The van der Waals surface area contributed by atoms with Crippen LogP contribution in [0.4, 0.5) is 0 Å². The number of methoxy groups -OCH3 is 1. The summed E-state index contributed by atoms with van der Waals surface area (Å²) in [6.45, 7) is 0. The van der Waals surface area contributed by atoms with Crippen LogP contribution in [-0.2, 0) is 16.8 Å². The zero-order chi connectivity index (χ0) is 21.1. The van der Waals surface area contributed by atoms with Crippen LogP contribution in [0.25, 0.3) is 11.1 Å². The topological polar surface area (TPSA) is 61.8 Å². The second kappa shape index (κ2) is 6.79. The van der Waals surface area contributed by atoms with Gasteiger partial charge in [0.2, 0.25) is 0 Å². The molecule has 2 aliphatic carbocycles. The molecule has 1 saturated carbocycles. The Morgan fingerprint density at radius 1 is 1.17 bits per heavy atom. The summed E-state index contributed by atoms with van der Waals surface area (Å²) < 4.78 is 5.39. The molecule has 1 aliphatic heterocycles. The van der Waals surface area contributed by atoms with Gasteiger partial charge in [-0.3, -0.25) is 9.69 Å². The van der Waals surface area contributed by atoms with Gasteiger partial charge >= 0.3 is 0 Å². The molecule has 156 valence electrons. The summed E-state index contributed by atoms with van der Waals surface area (Å²) in [6.07, 6.45) is 3.56. The van der Waals surface area contributed by atoms with Gasteiger partial charge in [0.15, 0.2) is 10.7 Å². The average molecular weight is 423 g/mol. The molecule has 1 amide bonds. The first-order valence-electron chi connectivity index (χ1n) is 10.5. The molecule has 30 heavy (non-hydrogen) atoms. The van der Waals surface area contributed by atoms with E-state index < -0.39 is 5.54 Å². The molecule has 2 N–H and O–H groups in total. The predicted octanol–water partition coefficient (Wildman–Crippen LogP) is 3.38. The zero-order valence-electron chi connectivity index (χ0n) is 17.3. The maximum Gasteiger partial charge on any atom is 0.259 e. The molecule has 5 rings (SSSR count). The predicted molar refractivity (Wildman–Crippen MR) is 119 cm³/mol. The van der Waals surface area contributed by atoms with Gasteiger partial charge in [0.1, 0.15) is 5.75 Å². The fraction of sp³-hybridized carbons (Fsp3) is 0.417. The number of likely N-dealkylation sites (N-methyl/N-ethyl adjacent to an activating group) is 1. The van der Waals surface area contributed by atoms with Gasteiger partial charge in [-0.15, -0.1) is 0 Å². The minimum absolute atomic E-state index is 0.0189. The molecule has 2 spiro atoms. The van der Waals surface area contributed by atoms with E-state index in [0.29, 0.717) is 18.0 Å². The highest BCUT2D eigenvalue weighted by Crippen LogP contribution is 2.60. The number of carbonyl (C=O) groups excluding carboxylic acids is 1. The summed E-state index contributed by atoms with van der Waals surface area (Å²) in [6, 6.07) is 14.4. The van der Waals surface area contributed by atoms with Gasteiger partial charge in [0, 0.05) is 12.5 Å². The average Bonchev–Trinajstić information content (AvgIpc) is 3.16. The molecule has 0 aromatic heterocycles. The van der Waals surface area contributed by atoms with Crippen LogP contribution in [-0.4, -0.2) is 41.3 Å². The number of nitrogens with one attached hydrogen (secondary N) is 1. The van der Waals surface area contributed by atoms with Crippen molar-refractivity contribution in [1.29, 1.82) is 0 Å². The highest BCUT2D eigenvalue weighted by atomic mass is 32.1. The van der Waals surface area contributed by atoms with Gasteiger partial charge in [-0.2, -0.15) is 0 Å². The molecule has 2 aromatic rings. The van der Waals surface area contributed by atoms with Crippen LogP contribution in [0.2, 0.25) is 0 Å². The molecule has 3 aliphatic rings. The maximum atomic E-state index is 13.7. The number of hydrogen-bond donors (Lipinski definition) is 2. The van der Waals surface area contributed by atoms with E-state index >= 15 is 0 Å². The number of benzene rings is 2. The van der Waals surface area contributed by atoms with E-state index in [-0.39, 0.29) is 17.4 Å². The van der Waals surface area contributed by atoms with Crippen LogP contribution < -0.4 is 10.1 Å². The van der Waals surface area contributed by atoms with Crippen molar-refractivity contribution < 1.29 is 14.6 Å². The summed E-state index contributed by atoms with van der Waals surface area (Å²) >= 11 is 5.52. The molecule has 5 nitrogen and oxygen atoms in total. The number of thiocarbonyl (C=S) groups is 1. The Morgan fingerprint density at radius 2 is 1.90 bits per heavy atom. The van der Waals surface area contributed by atoms with Crippen LogP contribution in [0, 0.1) is 5.41 Å². The fourth-order valence-electron chi connectivity index (χ4n) is 5.74. The number of aliphatic hydroxyl groups is 1. The van der Waals surface area contributed by atoms with Gasteiger partial charge < -0.3 is 15.2 Å². The van der Waals surface area contributed by atoms with Gasteiger partial charge in [0.25, 0.3) is 5.91 Å². The lowest BCUT2D eigenvalue weighted by atomic mass is 9.61. The van der Waals surface area contributed by atoms with E-state index in [1.54, 1.807) is 19.1 Å². The third kappa shape index (κ3) is 2.56. The minimum Gasteiger partial charge on any atom is -0.497 e. The fourth-order valence-corrected chi connectivity index (χ4v) is 5.97. The molecule has 1 saturated heterocycles. The van der Waals surface area contributed by atoms with Crippen LogP contribution in [0.15, 0.2) is 42.5 Å². The smallest absolute Gasteiger partial charge is 0.259 e. The summed E-state index contributed by atoms with van der Waals surface area (Å²) in [5, 5.41) is 14.1. The van der Waals surface area contributed by atoms with E-state index in [1.165, 1.54) is 5.56 Å². The number of fused-ring (bicyclic) bond motifs is 3. The first-order chi connectivity index (χ1) is 14.4. The Hall–Kier alpha value is -2.44. The summed E-state index contributed by atoms with van der Waals surface area (Å²) in [5.74, 6) is 0.821. The Kier molecular flexibility index (Phi) is 4.42. The van der Waals surface area contributed by atoms with E-state index in [2.05, 4.69) is 29.6 Å². The summed E-state index contributed by atoms with van der Waals surface area (Å²) in [4.78, 5) is 15.3. The normalized spacial score (nSPS) is 30.1. The summed E-state index contributed by atoms with van der Waals surface area (Å²) in [7, 11) is 3.41. The zero-order valence-corrected chi connectivity index (χ0v) is 18.1. The third-order valence-electron chi connectivity index (χ3n) is 7.38. The number of rotatable bonds is 2. The second-order valence-electron chi connectivity index (χ2n) is 8.84. The Labute approximate surface area is 182 Å². The SMILES string of the molecule is COc1cccc(-c2ccc3c(c2)[C@]2(NC(=S)N(C)C2=O)C2(CCC(O)CC2)C3)c1. The number of amides is 1. The standard InChI is InChI=1S/C24H26N2O3S/c1-26-21(28)24(25-22(26)30)20-13-16(15-4-3-5-19(12-15)29-2)6-7-17(20)14-23(24)10-8-18(27)9-11-23/h3-7,12-13,18,27H,8-11,14H2,1-2H3,(H,25,30)/t18?,23?,24-/m1/s1. The minimum atomic E-state index is -0.858. The molecule has 1 heterocycles. The molecule has 0 unspecified atom stereocenters. The highest BCUT2D eigenvalue weighted by molar-refractivity contribution is 7.80. The van der Waals surface area contributed by atoms with Crippen molar-refractivity contribution in [2.45, 2.75) is 43.7 Å². The quantitative estimate of drug-likeness (QED) is 0.727. The van der Waals surface area contributed by atoms with E-state index in [9.17, 15) is 9.90 Å². The molecule has 0 radical (unpaired) electrons. The van der Waals surface area contributed by atoms with Crippen molar-refractivity contribution in [3.05, 3.63) is 53.6 Å². The molecular weight excluding hydrogens is 396 g/mol. The van der Waals surface area contributed by atoms with Crippen LogP contribution in [0.5, 0.6) is 5.75 Å². The Balaban J connectivity index is 1.67. The molecule has 1 atom stereocenters.